The van der Waals surface area contributed by atoms with Crippen molar-refractivity contribution < 1.29 is 23.5 Å². The Kier molecular flexibility index (Phi) is 6.34. The number of nitrogens with zero attached hydrogens (tertiary/aromatic N) is 1. The van der Waals surface area contributed by atoms with Gasteiger partial charge in [-0.2, -0.15) is 0 Å². The Morgan fingerprint density at radius 2 is 1.93 bits per heavy atom. The normalized spacial score (nSPS) is 12.0. The number of Topliss-reactive ketones (excluding diaryl/α,β-unsaturated/α-hetero) is 1. The molecule has 28 heavy (non-hydrogen) atoms. The molecule has 0 N–H and O–H groups in total. The molecule has 7 heteroatoms. The molecular weight excluding hydrogens is 385 g/mol. The topological polar surface area (TPSA) is 65.5 Å². The van der Waals surface area contributed by atoms with Gasteiger partial charge in [-0.1, -0.05) is 41.9 Å². The summed E-state index contributed by atoms with van der Waals surface area (Å²) in [6.45, 7) is -0.103. The van der Waals surface area contributed by atoms with Gasteiger partial charge in [0.1, 0.15) is 23.9 Å². The third-order valence-electron chi connectivity index (χ3n) is 4.17. The van der Waals surface area contributed by atoms with Crippen molar-refractivity contribution in [3.05, 3.63) is 76.7 Å². The van der Waals surface area contributed by atoms with E-state index in [4.69, 9.17) is 21.1 Å². The van der Waals surface area contributed by atoms with Crippen LogP contribution in [0.2, 0.25) is 5.02 Å². The molecular formula is C21H17ClFNO4. The number of rotatable bonds is 7. The summed E-state index contributed by atoms with van der Waals surface area (Å²) >= 11 is 5.92. The maximum absolute atomic E-state index is 14.4. The summed E-state index contributed by atoms with van der Waals surface area (Å²) in [4.78, 5) is 28.8. The molecule has 0 saturated carbocycles. The van der Waals surface area contributed by atoms with Gasteiger partial charge in [0.25, 0.3) is 0 Å². The summed E-state index contributed by atoms with van der Waals surface area (Å²) in [5, 5.41) is 0.700. The van der Waals surface area contributed by atoms with Crippen molar-refractivity contribution in [1.29, 1.82) is 0 Å². The zero-order valence-corrected chi connectivity index (χ0v) is 15.8. The van der Waals surface area contributed by atoms with Gasteiger partial charge in [-0.3, -0.25) is 14.6 Å². The molecule has 0 bridgehead atoms. The molecule has 0 amide bonds. The molecule has 144 valence electrons. The Morgan fingerprint density at radius 3 is 2.64 bits per heavy atom. The lowest BCUT2D eigenvalue weighted by molar-refractivity contribution is -0.146. The third-order valence-corrected chi connectivity index (χ3v) is 4.38. The molecule has 3 aromatic rings. The summed E-state index contributed by atoms with van der Waals surface area (Å²) in [7, 11) is 1.17. The van der Waals surface area contributed by atoms with E-state index >= 15 is 0 Å². The smallest absolute Gasteiger partial charge is 0.320 e. The van der Waals surface area contributed by atoms with E-state index in [9.17, 15) is 14.0 Å². The molecule has 1 unspecified atom stereocenters. The first-order valence-corrected chi connectivity index (χ1v) is 8.84. The lowest BCUT2D eigenvalue weighted by Crippen LogP contribution is -2.27. The minimum absolute atomic E-state index is 0.101. The van der Waals surface area contributed by atoms with E-state index < -0.39 is 23.5 Å². The number of halogens is 2. The molecule has 5 nitrogen and oxygen atoms in total. The fourth-order valence-electron chi connectivity index (χ4n) is 2.87. The van der Waals surface area contributed by atoms with Crippen molar-refractivity contribution >= 4 is 34.3 Å². The number of carbonyl (C=O) groups is 2. The van der Waals surface area contributed by atoms with Crippen LogP contribution in [0.15, 0.2) is 54.7 Å². The summed E-state index contributed by atoms with van der Waals surface area (Å²) in [6, 6.07) is 13.4. The van der Waals surface area contributed by atoms with Gasteiger partial charge in [-0.15, -0.1) is 0 Å². The van der Waals surface area contributed by atoms with Crippen LogP contribution in [0.4, 0.5) is 4.39 Å². The quantitative estimate of drug-likeness (QED) is 0.441. The van der Waals surface area contributed by atoms with Crippen LogP contribution in [-0.2, 0) is 25.7 Å². The molecule has 1 atom stereocenters. The summed E-state index contributed by atoms with van der Waals surface area (Å²) in [6.07, 6.45) is 1.33. The highest BCUT2D eigenvalue weighted by molar-refractivity contribution is 6.31. The van der Waals surface area contributed by atoms with E-state index in [1.807, 2.05) is 30.3 Å². The monoisotopic (exact) mass is 401 g/mol. The molecule has 0 spiro atoms. The standard InChI is InChI=1S/C21H17ClFNO4/c1-27-21(26)19(18(25)12-28-11-13-5-3-2-4-6-13)14-7-15-8-16(22)10-24-20(15)17(23)9-14/h2-10,19H,11-12H2,1H3. The third kappa shape index (κ3) is 4.52. The molecule has 0 aliphatic rings. The van der Waals surface area contributed by atoms with Crippen LogP contribution in [0.3, 0.4) is 0 Å². The van der Waals surface area contributed by atoms with Crippen LogP contribution in [0.1, 0.15) is 17.0 Å². The zero-order chi connectivity index (χ0) is 20.1. The number of benzene rings is 2. The van der Waals surface area contributed by atoms with Crippen LogP contribution < -0.4 is 0 Å². The number of pyridine rings is 1. The summed E-state index contributed by atoms with van der Waals surface area (Å²) in [5.74, 6) is -3.28. The highest BCUT2D eigenvalue weighted by atomic mass is 35.5. The number of carbonyl (C=O) groups excluding carboxylic acids is 2. The first-order chi connectivity index (χ1) is 13.5. The second-order valence-corrected chi connectivity index (χ2v) is 6.57. The molecule has 1 heterocycles. The van der Waals surface area contributed by atoms with Crippen molar-refractivity contribution in [2.45, 2.75) is 12.5 Å². The summed E-state index contributed by atoms with van der Waals surface area (Å²) < 4.78 is 24.6. The first kappa shape index (κ1) is 19.9. The number of hydrogen-bond donors (Lipinski definition) is 0. The van der Waals surface area contributed by atoms with Gasteiger partial charge in [-0.05, 0) is 29.3 Å². The van der Waals surface area contributed by atoms with E-state index in [1.54, 1.807) is 0 Å². The Hall–Kier alpha value is -2.83. The van der Waals surface area contributed by atoms with E-state index in [-0.39, 0.29) is 24.3 Å². The van der Waals surface area contributed by atoms with E-state index in [0.29, 0.717) is 10.4 Å². The van der Waals surface area contributed by atoms with E-state index in [1.165, 1.54) is 25.4 Å². The molecule has 0 fully saturated rings. The van der Waals surface area contributed by atoms with Gasteiger partial charge < -0.3 is 9.47 Å². The van der Waals surface area contributed by atoms with Crippen molar-refractivity contribution in [1.82, 2.24) is 4.98 Å². The molecule has 2 aromatic carbocycles. The number of ketones is 1. The molecule has 3 rings (SSSR count). The fraction of sp³-hybridized carbons (Fsp3) is 0.190. The average Bonchev–Trinajstić information content (AvgIpc) is 2.68. The van der Waals surface area contributed by atoms with Gasteiger partial charge in [0.2, 0.25) is 0 Å². The second kappa shape index (κ2) is 8.91. The number of fused-ring (bicyclic) bond motifs is 1. The largest absolute Gasteiger partial charge is 0.468 e. The SMILES string of the molecule is COC(=O)C(C(=O)COCc1ccccc1)c1cc(F)c2ncc(Cl)cc2c1. The van der Waals surface area contributed by atoms with Gasteiger partial charge >= 0.3 is 5.97 Å². The number of aromatic nitrogens is 1. The van der Waals surface area contributed by atoms with Crippen molar-refractivity contribution in [3.63, 3.8) is 0 Å². The predicted molar refractivity (Wildman–Crippen MR) is 103 cm³/mol. The predicted octanol–water partition coefficient (Wildman–Crippen LogP) is 4.07. The van der Waals surface area contributed by atoms with Gasteiger partial charge in [0.05, 0.1) is 18.7 Å². The van der Waals surface area contributed by atoms with Crippen LogP contribution >= 0.6 is 11.6 Å². The van der Waals surface area contributed by atoms with E-state index in [2.05, 4.69) is 4.98 Å². The van der Waals surface area contributed by atoms with Crippen molar-refractivity contribution in [2.24, 2.45) is 0 Å². The Bertz CT molecular complexity index is 1010. The molecule has 0 radical (unpaired) electrons. The van der Waals surface area contributed by atoms with Crippen molar-refractivity contribution in [2.75, 3.05) is 13.7 Å². The Balaban J connectivity index is 1.84. The molecule has 1 aromatic heterocycles. The Labute approximate surface area is 166 Å². The lowest BCUT2D eigenvalue weighted by atomic mass is 9.93. The van der Waals surface area contributed by atoms with Crippen molar-refractivity contribution in [3.8, 4) is 0 Å². The number of ether oxygens (including phenoxy) is 2. The van der Waals surface area contributed by atoms with Gasteiger partial charge in [-0.25, -0.2) is 4.39 Å². The minimum atomic E-state index is -1.31. The van der Waals surface area contributed by atoms with E-state index in [0.717, 1.165) is 11.6 Å². The fourth-order valence-corrected chi connectivity index (χ4v) is 3.03. The molecule has 0 saturated heterocycles. The maximum Gasteiger partial charge on any atom is 0.320 e. The minimum Gasteiger partial charge on any atom is -0.468 e. The molecule has 0 aliphatic heterocycles. The maximum atomic E-state index is 14.4. The second-order valence-electron chi connectivity index (χ2n) is 6.13. The Morgan fingerprint density at radius 1 is 1.18 bits per heavy atom. The zero-order valence-electron chi connectivity index (χ0n) is 15.0. The van der Waals surface area contributed by atoms with Gasteiger partial charge in [0, 0.05) is 11.6 Å². The summed E-state index contributed by atoms with van der Waals surface area (Å²) in [5.41, 5.74) is 1.15. The highest BCUT2D eigenvalue weighted by Gasteiger charge is 2.30. The number of methoxy groups -OCH3 is 1. The van der Waals surface area contributed by atoms with Gasteiger partial charge in [0.15, 0.2) is 5.78 Å². The molecule has 0 aliphatic carbocycles. The number of esters is 1. The van der Waals surface area contributed by atoms with Crippen LogP contribution in [0, 0.1) is 5.82 Å². The lowest BCUT2D eigenvalue weighted by Gasteiger charge is -2.15. The highest BCUT2D eigenvalue weighted by Crippen LogP contribution is 2.27. The van der Waals surface area contributed by atoms with Crippen LogP contribution in [0.5, 0.6) is 0 Å². The number of hydrogen-bond acceptors (Lipinski definition) is 5. The van der Waals surface area contributed by atoms with Crippen LogP contribution in [0.25, 0.3) is 10.9 Å². The first-order valence-electron chi connectivity index (χ1n) is 8.46. The average molecular weight is 402 g/mol. The van der Waals surface area contributed by atoms with Crippen LogP contribution in [-0.4, -0.2) is 30.5 Å².